The van der Waals surface area contributed by atoms with E-state index < -0.39 is 11.7 Å². The second-order valence-corrected chi connectivity index (χ2v) is 3.72. The van der Waals surface area contributed by atoms with Gasteiger partial charge in [0.25, 0.3) is 0 Å². The molecule has 1 aromatic carbocycles. The third kappa shape index (κ3) is 3.40. The van der Waals surface area contributed by atoms with E-state index in [1.807, 2.05) is 0 Å². The van der Waals surface area contributed by atoms with E-state index >= 15 is 0 Å². The molecule has 1 amide bonds. The first kappa shape index (κ1) is 11.8. The highest BCUT2D eigenvalue weighted by atomic mass is 35.5. The highest BCUT2D eigenvalue weighted by molar-refractivity contribution is 6.30. The third-order valence-corrected chi connectivity index (χ3v) is 2.32. The fourth-order valence-corrected chi connectivity index (χ4v) is 1.10. The Morgan fingerprint density at radius 1 is 1.67 bits per heavy atom. The summed E-state index contributed by atoms with van der Waals surface area (Å²) in [6, 6.07) is 4.36. The van der Waals surface area contributed by atoms with Crippen LogP contribution in [0.15, 0.2) is 18.2 Å². The summed E-state index contributed by atoms with van der Waals surface area (Å²) in [4.78, 5) is 10.7. The van der Waals surface area contributed by atoms with Crippen molar-refractivity contribution in [1.82, 2.24) is 0 Å². The number of benzene rings is 1. The van der Waals surface area contributed by atoms with Gasteiger partial charge in [-0.2, -0.15) is 0 Å². The molecule has 3 nitrogen and oxygen atoms in total. The highest BCUT2D eigenvalue weighted by Gasteiger charge is 2.08. The van der Waals surface area contributed by atoms with Crippen LogP contribution in [0.5, 0.6) is 0 Å². The molecule has 0 fully saturated rings. The molecule has 3 N–H and O–H groups in total. The molecule has 0 radical (unpaired) electrons. The molecule has 0 aliphatic carbocycles. The van der Waals surface area contributed by atoms with Gasteiger partial charge in [-0.05, 0) is 18.2 Å². The highest BCUT2D eigenvalue weighted by Crippen LogP contribution is 2.18. The van der Waals surface area contributed by atoms with Crippen LogP contribution in [-0.4, -0.2) is 12.5 Å². The van der Waals surface area contributed by atoms with Crippen LogP contribution < -0.4 is 11.1 Å². The van der Waals surface area contributed by atoms with Crippen molar-refractivity contribution < 1.29 is 9.18 Å². The summed E-state index contributed by atoms with van der Waals surface area (Å²) in [5, 5.41) is 2.97. The first-order chi connectivity index (χ1) is 7.00. The number of anilines is 1. The molecule has 1 aromatic rings. The minimum Gasteiger partial charge on any atom is -0.384 e. The van der Waals surface area contributed by atoms with E-state index in [0.29, 0.717) is 12.2 Å². The second-order valence-electron chi connectivity index (χ2n) is 3.31. The summed E-state index contributed by atoms with van der Waals surface area (Å²) in [5.41, 5.74) is 5.65. The minimum atomic E-state index is -0.492. The van der Waals surface area contributed by atoms with E-state index in [-0.39, 0.29) is 10.9 Å². The van der Waals surface area contributed by atoms with Gasteiger partial charge in [0.1, 0.15) is 5.82 Å². The van der Waals surface area contributed by atoms with Gasteiger partial charge in [0.05, 0.1) is 10.9 Å². The molecule has 0 bridgehead atoms. The van der Waals surface area contributed by atoms with Crippen LogP contribution in [-0.2, 0) is 4.79 Å². The van der Waals surface area contributed by atoms with E-state index in [2.05, 4.69) is 5.32 Å². The van der Waals surface area contributed by atoms with Gasteiger partial charge in [-0.1, -0.05) is 18.5 Å². The van der Waals surface area contributed by atoms with Gasteiger partial charge in [0.2, 0.25) is 5.91 Å². The van der Waals surface area contributed by atoms with Crippen LogP contribution in [0, 0.1) is 11.7 Å². The maximum Gasteiger partial charge on any atom is 0.222 e. The largest absolute Gasteiger partial charge is 0.384 e. The maximum absolute atomic E-state index is 13.0. The van der Waals surface area contributed by atoms with Crippen molar-refractivity contribution in [2.45, 2.75) is 6.92 Å². The van der Waals surface area contributed by atoms with Crippen molar-refractivity contribution in [3.8, 4) is 0 Å². The lowest BCUT2D eigenvalue weighted by Gasteiger charge is -2.10. The fraction of sp³-hybridized carbons (Fsp3) is 0.300. The molecule has 15 heavy (non-hydrogen) atoms. The van der Waals surface area contributed by atoms with Crippen molar-refractivity contribution in [2.24, 2.45) is 11.7 Å². The van der Waals surface area contributed by atoms with Crippen LogP contribution in [0.3, 0.4) is 0 Å². The summed E-state index contributed by atoms with van der Waals surface area (Å²) < 4.78 is 13.0. The van der Waals surface area contributed by atoms with Crippen molar-refractivity contribution in [3.63, 3.8) is 0 Å². The molecule has 0 aromatic heterocycles. The molecule has 0 heterocycles. The molecule has 0 aliphatic heterocycles. The number of halogens is 2. The monoisotopic (exact) mass is 230 g/mol. The van der Waals surface area contributed by atoms with Gasteiger partial charge in [0, 0.05) is 12.2 Å². The Hall–Kier alpha value is -1.29. The Morgan fingerprint density at radius 3 is 2.87 bits per heavy atom. The normalized spacial score (nSPS) is 12.2. The van der Waals surface area contributed by atoms with Crippen LogP contribution >= 0.6 is 11.6 Å². The van der Waals surface area contributed by atoms with E-state index in [4.69, 9.17) is 17.3 Å². The summed E-state index contributed by atoms with van der Waals surface area (Å²) in [6.45, 7) is 2.07. The van der Waals surface area contributed by atoms with Crippen molar-refractivity contribution in [2.75, 3.05) is 11.9 Å². The third-order valence-electron chi connectivity index (χ3n) is 2.02. The van der Waals surface area contributed by atoms with Gasteiger partial charge in [0.15, 0.2) is 0 Å². The van der Waals surface area contributed by atoms with Crippen LogP contribution in [0.25, 0.3) is 0 Å². The lowest BCUT2D eigenvalue weighted by Crippen LogP contribution is -2.26. The number of primary amides is 1. The van der Waals surface area contributed by atoms with Crippen molar-refractivity contribution >= 4 is 23.2 Å². The van der Waals surface area contributed by atoms with Crippen molar-refractivity contribution in [3.05, 3.63) is 29.0 Å². The minimum absolute atomic E-state index is 0.0727. The number of nitrogens with two attached hydrogens (primary N) is 1. The molecule has 1 atom stereocenters. The average molecular weight is 231 g/mol. The molecule has 0 saturated heterocycles. The zero-order chi connectivity index (χ0) is 11.4. The molecule has 5 heteroatoms. The Labute approximate surface area is 92.4 Å². The number of amides is 1. The van der Waals surface area contributed by atoms with Gasteiger partial charge in [-0.3, -0.25) is 4.79 Å². The fourth-order valence-electron chi connectivity index (χ4n) is 0.978. The van der Waals surface area contributed by atoms with Crippen LogP contribution in [0.1, 0.15) is 6.92 Å². The smallest absolute Gasteiger partial charge is 0.222 e. The Bertz CT molecular complexity index is 370. The summed E-state index contributed by atoms with van der Waals surface area (Å²) >= 11 is 5.52. The Kier molecular flexibility index (Phi) is 3.91. The molecule has 1 rings (SSSR count). The summed E-state index contributed by atoms with van der Waals surface area (Å²) in [5.74, 6) is -1.19. The predicted octanol–water partition coefficient (Wildman–Crippen LogP) is 2.01. The van der Waals surface area contributed by atoms with Gasteiger partial charge < -0.3 is 11.1 Å². The Morgan fingerprint density at radius 2 is 2.33 bits per heavy atom. The number of nitrogens with one attached hydrogen (secondary N) is 1. The zero-order valence-corrected chi connectivity index (χ0v) is 9.01. The lowest BCUT2D eigenvalue weighted by atomic mass is 10.1. The van der Waals surface area contributed by atoms with E-state index in [9.17, 15) is 9.18 Å². The first-order valence-electron chi connectivity index (χ1n) is 4.49. The molecule has 0 aliphatic rings. The molecule has 82 valence electrons. The molecule has 1 unspecified atom stereocenters. The summed E-state index contributed by atoms with van der Waals surface area (Å²) in [6.07, 6.45) is 0. The molecular weight excluding hydrogens is 219 g/mol. The average Bonchev–Trinajstić information content (AvgIpc) is 2.19. The molecule has 0 saturated carbocycles. The number of carbonyl (C=O) groups is 1. The van der Waals surface area contributed by atoms with E-state index in [1.165, 1.54) is 12.1 Å². The maximum atomic E-state index is 13.0. The standard InChI is InChI=1S/C10H12ClFN2O/c1-6(10(13)15)5-14-7-2-3-8(11)9(12)4-7/h2-4,6,14H,5H2,1H3,(H2,13,15). The van der Waals surface area contributed by atoms with Gasteiger partial charge in [-0.15, -0.1) is 0 Å². The van der Waals surface area contributed by atoms with E-state index in [1.54, 1.807) is 13.0 Å². The lowest BCUT2D eigenvalue weighted by molar-refractivity contribution is -0.120. The number of hydrogen-bond donors (Lipinski definition) is 2. The van der Waals surface area contributed by atoms with Crippen LogP contribution in [0.2, 0.25) is 5.02 Å². The van der Waals surface area contributed by atoms with Crippen LogP contribution in [0.4, 0.5) is 10.1 Å². The first-order valence-corrected chi connectivity index (χ1v) is 4.86. The topological polar surface area (TPSA) is 55.1 Å². The predicted molar refractivity (Wildman–Crippen MR) is 58.3 cm³/mol. The summed E-state index contributed by atoms with van der Waals surface area (Å²) in [7, 11) is 0. The number of hydrogen-bond acceptors (Lipinski definition) is 2. The second kappa shape index (κ2) is 4.98. The van der Waals surface area contributed by atoms with Gasteiger partial charge in [-0.25, -0.2) is 4.39 Å². The number of carbonyl (C=O) groups excluding carboxylic acids is 1. The van der Waals surface area contributed by atoms with Gasteiger partial charge >= 0.3 is 0 Å². The Balaban J connectivity index is 2.58. The van der Waals surface area contributed by atoms with Crippen molar-refractivity contribution in [1.29, 1.82) is 0 Å². The molecular formula is C10H12ClFN2O. The SMILES string of the molecule is CC(CNc1ccc(Cl)c(F)c1)C(N)=O. The zero-order valence-electron chi connectivity index (χ0n) is 8.26. The number of rotatable bonds is 4. The molecule has 0 spiro atoms. The quantitative estimate of drug-likeness (QED) is 0.832. The van der Waals surface area contributed by atoms with E-state index in [0.717, 1.165) is 0 Å².